The highest BCUT2D eigenvalue weighted by Crippen LogP contribution is 2.66. The number of aliphatic hydroxyl groups is 2. The zero-order chi connectivity index (χ0) is 20.8. The topological polar surface area (TPSA) is 93.5 Å². The van der Waals surface area contributed by atoms with Gasteiger partial charge in [-0.3, -0.25) is 4.90 Å². The van der Waals surface area contributed by atoms with E-state index in [9.17, 15) is 20.1 Å². The molecule has 156 valence electrons. The fraction of sp³-hybridized carbons (Fsp3) is 0.591. The summed E-state index contributed by atoms with van der Waals surface area (Å²) in [6.45, 7) is 3.59. The van der Waals surface area contributed by atoms with Gasteiger partial charge in [0.05, 0.1) is 13.2 Å². The molecule has 0 bridgehead atoms. The number of rotatable bonds is 2. The summed E-state index contributed by atoms with van der Waals surface area (Å²) in [5.41, 5.74) is -1.66. The van der Waals surface area contributed by atoms with Gasteiger partial charge in [0.25, 0.3) is 0 Å². The molecular formula is C22H28N2O5. The Bertz CT molecular complexity index is 918. The number of hydrogen-bond acceptors (Lipinski definition) is 7. The molecule has 5 rings (SSSR count). The number of benzene rings is 1. The molecule has 1 aromatic rings. The molecule has 0 amide bonds. The fourth-order valence-corrected chi connectivity index (χ4v) is 7.22. The Balaban J connectivity index is 1.87. The maximum Gasteiger partial charge on any atom is 0.342 e. The first-order valence-electron chi connectivity index (χ1n) is 10.3. The van der Waals surface area contributed by atoms with E-state index in [0.29, 0.717) is 6.42 Å². The number of methoxy groups -OCH3 is 1. The molecule has 29 heavy (non-hydrogen) atoms. The summed E-state index contributed by atoms with van der Waals surface area (Å²) in [5, 5.41) is 33.7. The molecule has 1 spiro atoms. The van der Waals surface area contributed by atoms with Crippen molar-refractivity contribution in [3.05, 3.63) is 35.9 Å². The van der Waals surface area contributed by atoms with E-state index in [1.807, 2.05) is 37.1 Å². The number of aliphatic hydroxyl groups excluding tert-OH is 1. The van der Waals surface area contributed by atoms with Crippen molar-refractivity contribution in [1.29, 1.82) is 0 Å². The lowest BCUT2D eigenvalue weighted by atomic mass is 9.48. The third-order valence-electron chi connectivity index (χ3n) is 8.15. The molecule has 2 fully saturated rings. The molecular weight excluding hydrogens is 372 g/mol. The van der Waals surface area contributed by atoms with E-state index in [1.54, 1.807) is 12.1 Å². The summed E-state index contributed by atoms with van der Waals surface area (Å²) >= 11 is 0. The number of likely N-dealkylation sites (N-methyl/N-ethyl adjacent to an activating group) is 1. The van der Waals surface area contributed by atoms with Gasteiger partial charge >= 0.3 is 5.97 Å². The van der Waals surface area contributed by atoms with Crippen LogP contribution in [-0.2, 0) is 14.9 Å². The largest absolute Gasteiger partial charge is 0.508 e. The molecule has 1 saturated carbocycles. The minimum atomic E-state index is -2.11. The Morgan fingerprint density at radius 1 is 1.34 bits per heavy atom. The molecule has 4 aliphatic rings. The Hall–Kier alpha value is -2.09. The van der Waals surface area contributed by atoms with Crippen molar-refractivity contribution in [2.24, 2.45) is 5.41 Å². The van der Waals surface area contributed by atoms with Crippen LogP contribution in [0.1, 0.15) is 25.3 Å². The van der Waals surface area contributed by atoms with Crippen LogP contribution in [0, 0.1) is 5.41 Å². The number of esters is 1. The van der Waals surface area contributed by atoms with Crippen molar-refractivity contribution in [3.63, 3.8) is 0 Å². The first kappa shape index (κ1) is 18.9. The van der Waals surface area contributed by atoms with Crippen molar-refractivity contribution in [1.82, 2.24) is 4.90 Å². The molecule has 3 N–H and O–H groups in total. The molecule has 1 aromatic carbocycles. The predicted molar refractivity (Wildman–Crippen MR) is 107 cm³/mol. The van der Waals surface area contributed by atoms with Crippen LogP contribution in [0.25, 0.3) is 0 Å². The molecule has 3 heterocycles. The number of fused-ring (bicyclic) bond motifs is 1. The van der Waals surface area contributed by atoms with Crippen molar-refractivity contribution >= 4 is 11.7 Å². The molecule has 0 unspecified atom stereocenters. The Labute approximate surface area is 170 Å². The molecule has 1 saturated heterocycles. The lowest BCUT2D eigenvalue weighted by Gasteiger charge is -2.63. The fourth-order valence-electron chi connectivity index (χ4n) is 7.22. The van der Waals surface area contributed by atoms with Gasteiger partial charge in [-0.05, 0) is 31.0 Å². The lowest BCUT2D eigenvalue weighted by Crippen LogP contribution is -2.80. The van der Waals surface area contributed by atoms with E-state index in [0.717, 1.165) is 30.8 Å². The number of hydrogen-bond donors (Lipinski definition) is 3. The Kier molecular flexibility index (Phi) is 3.74. The van der Waals surface area contributed by atoms with Crippen LogP contribution in [-0.4, -0.2) is 77.2 Å². The molecule has 1 aliphatic carbocycles. The SMILES string of the molecule is CC[C@]12C=CCN3CC[C@@]4(c5ccc(O)cc5N(C)[C@H]4[C@@](O)(C(=O)OC)[C@@H]1O)[C@@H]32. The first-order chi connectivity index (χ1) is 13.8. The van der Waals surface area contributed by atoms with Gasteiger partial charge in [0.1, 0.15) is 11.9 Å². The average Bonchev–Trinajstić information content (AvgIpc) is 3.23. The number of carbonyl (C=O) groups excluding carboxylic acids is 1. The van der Waals surface area contributed by atoms with Crippen LogP contribution < -0.4 is 4.90 Å². The van der Waals surface area contributed by atoms with Crippen molar-refractivity contribution in [2.45, 2.75) is 49.0 Å². The van der Waals surface area contributed by atoms with Crippen molar-refractivity contribution in [3.8, 4) is 5.75 Å². The van der Waals surface area contributed by atoms with E-state index >= 15 is 0 Å². The average molecular weight is 400 g/mol. The van der Waals surface area contributed by atoms with Gasteiger partial charge in [-0.1, -0.05) is 25.1 Å². The van der Waals surface area contributed by atoms with Gasteiger partial charge in [-0.15, -0.1) is 0 Å². The maximum atomic E-state index is 13.1. The number of carbonyl (C=O) groups is 1. The van der Waals surface area contributed by atoms with Crippen LogP contribution in [0.3, 0.4) is 0 Å². The molecule has 3 aliphatic heterocycles. The second kappa shape index (κ2) is 5.74. The highest BCUT2D eigenvalue weighted by Gasteiger charge is 2.78. The van der Waals surface area contributed by atoms with Gasteiger partial charge in [0.2, 0.25) is 5.60 Å². The normalized spacial score (nSPS) is 42.4. The van der Waals surface area contributed by atoms with Gasteiger partial charge in [0, 0.05) is 42.2 Å². The van der Waals surface area contributed by atoms with Crippen LogP contribution in [0.5, 0.6) is 5.75 Å². The van der Waals surface area contributed by atoms with Crippen LogP contribution in [0.2, 0.25) is 0 Å². The second-order valence-corrected chi connectivity index (χ2v) is 8.99. The molecule has 7 heteroatoms. The van der Waals surface area contributed by atoms with Crippen molar-refractivity contribution in [2.75, 3.05) is 32.1 Å². The maximum absolute atomic E-state index is 13.1. The summed E-state index contributed by atoms with van der Waals surface area (Å²) in [6.07, 6.45) is 4.06. The van der Waals surface area contributed by atoms with Crippen molar-refractivity contribution < 1.29 is 24.9 Å². The summed E-state index contributed by atoms with van der Waals surface area (Å²) in [5.74, 6) is -0.685. The quantitative estimate of drug-likeness (QED) is 0.499. The Morgan fingerprint density at radius 2 is 2.10 bits per heavy atom. The Morgan fingerprint density at radius 3 is 2.79 bits per heavy atom. The van der Waals surface area contributed by atoms with Gasteiger partial charge in [-0.25, -0.2) is 4.79 Å². The van der Waals surface area contributed by atoms with Gasteiger partial charge < -0.3 is 25.0 Å². The van der Waals surface area contributed by atoms with E-state index < -0.39 is 34.5 Å². The lowest BCUT2D eigenvalue weighted by molar-refractivity contribution is -0.218. The van der Waals surface area contributed by atoms with E-state index in [4.69, 9.17) is 4.74 Å². The third-order valence-corrected chi connectivity index (χ3v) is 8.15. The predicted octanol–water partition coefficient (Wildman–Crippen LogP) is 0.767. The van der Waals surface area contributed by atoms with Gasteiger partial charge in [0.15, 0.2) is 0 Å². The number of ether oxygens (including phenoxy) is 1. The number of phenolic OH excluding ortho intramolecular Hbond substituents is 1. The highest BCUT2D eigenvalue weighted by atomic mass is 16.5. The van der Waals surface area contributed by atoms with Crippen LogP contribution in [0.4, 0.5) is 5.69 Å². The third kappa shape index (κ3) is 1.87. The standard InChI is InChI=1S/C22H28N2O5/c1-4-20-8-5-10-24-11-9-21(16(20)24)14-7-6-13(25)12-15(14)23(2)17(21)22(28,18(20)26)19(27)29-3/h5-8,12,16-18,25-26,28H,4,9-11H2,1-3H3/t16-,17+,18+,20+,21+,22-/m0/s1. The summed E-state index contributed by atoms with van der Waals surface area (Å²) in [4.78, 5) is 17.3. The van der Waals surface area contributed by atoms with E-state index in [1.165, 1.54) is 7.11 Å². The van der Waals surface area contributed by atoms with E-state index in [-0.39, 0.29) is 11.8 Å². The zero-order valence-electron chi connectivity index (χ0n) is 17.0. The van der Waals surface area contributed by atoms with E-state index in [2.05, 4.69) is 4.90 Å². The smallest absolute Gasteiger partial charge is 0.342 e. The van der Waals surface area contributed by atoms with Gasteiger partial charge in [-0.2, -0.15) is 0 Å². The summed E-state index contributed by atoms with van der Waals surface area (Å²) in [7, 11) is 3.06. The first-order valence-corrected chi connectivity index (χ1v) is 10.3. The highest BCUT2D eigenvalue weighted by molar-refractivity contribution is 5.86. The number of phenols is 1. The number of anilines is 1. The molecule has 6 atom stereocenters. The minimum Gasteiger partial charge on any atom is -0.508 e. The zero-order valence-corrected chi connectivity index (χ0v) is 17.0. The van der Waals surface area contributed by atoms with Crippen LogP contribution >= 0.6 is 0 Å². The second-order valence-electron chi connectivity index (χ2n) is 8.99. The molecule has 7 nitrogen and oxygen atoms in total. The van der Waals surface area contributed by atoms with Crippen LogP contribution in [0.15, 0.2) is 30.4 Å². The molecule has 0 radical (unpaired) electrons. The number of aromatic hydroxyl groups is 1. The minimum absolute atomic E-state index is 0.0665. The monoisotopic (exact) mass is 400 g/mol. The molecule has 0 aromatic heterocycles. The summed E-state index contributed by atoms with van der Waals surface area (Å²) in [6, 6.07) is 4.50. The number of nitrogens with zero attached hydrogens (tertiary/aromatic N) is 2. The summed E-state index contributed by atoms with van der Waals surface area (Å²) < 4.78 is 5.05.